The lowest BCUT2D eigenvalue weighted by Crippen LogP contribution is -2.07. The summed E-state index contributed by atoms with van der Waals surface area (Å²) in [5, 5.41) is 8.75. The average molecular weight is 136 g/mol. The fraction of sp³-hybridized carbons (Fsp3) is 1.00. The van der Waals surface area contributed by atoms with Crippen LogP contribution in [0, 0.1) is 0 Å². The number of thioether (sulfide) groups is 1. The van der Waals surface area contributed by atoms with Crippen molar-refractivity contribution in [1.82, 2.24) is 0 Å². The van der Waals surface area contributed by atoms with Gasteiger partial charge in [-0.05, 0) is 0 Å². The van der Waals surface area contributed by atoms with Crippen LogP contribution in [0.15, 0.2) is 0 Å². The first-order valence-corrected chi connectivity index (χ1v) is 3.42. The van der Waals surface area contributed by atoms with Gasteiger partial charge in [-0.2, -0.15) is 0 Å². The van der Waals surface area contributed by atoms with Gasteiger partial charge in [0.25, 0.3) is 12.4 Å². The molecule has 0 spiro atoms. The van der Waals surface area contributed by atoms with E-state index in [-0.39, 0.29) is 5.44 Å². The number of β-amino-alcohol motifs (C(OH)–C–C–N with tert-alkyl or cyclic N) is 1. The highest BCUT2D eigenvalue weighted by molar-refractivity contribution is 7.99. The standard InChI is InChI=1S/C3H6NOS2/c5-3-1-4(6)2-7-3/h3,5H,1-2H2/q+1. The van der Waals surface area contributed by atoms with Crippen LogP contribution in [0.4, 0.5) is 0 Å². The minimum atomic E-state index is -0.238. The van der Waals surface area contributed by atoms with Gasteiger partial charge in [-0.1, -0.05) is 11.8 Å². The molecule has 1 fully saturated rings. The van der Waals surface area contributed by atoms with Gasteiger partial charge in [0.2, 0.25) is 5.88 Å². The van der Waals surface area contributed by atoms with Gasteiger partial charge < -0.3 is 5.11 Å². The van der Waals surface area contributed by atoms with Gasteiger partial charge >= 0.3 is 0 Å². The predicted octanol–water partition coefficient (Wildman–Crippen LogP) is -0.248. The van der Waals surface area contributed by atoms with Crippen LogP contribution in [-0.4, -0.2) is 26.9 Å². The molecule has 1 N–H and O–H groups in total. The van der Waals surface area contributed by atoms with Crippen LogP contribution < -0.4 is 0 Å². The summed E-state index contributed by atoms with van der Waals surface area (Å²) < 4.78 is 1.68. The molecule has 7 heavy (non-hydrogen) atoms. The highest BCUT2D eigenvalue weighted by atomic mass is 32.2. The van der Waals surface area contributed by atoms with Crippen molar-refractivity contribution < 1.29 is 9.05 Å². The predicted molar refractivity (Wildman–Crippen MR) is 31.0 cm³/mol. The summed E-state index contributed by atoms with van der Waals surface area (Å²) in [6, 6.07) is 0. The second-order valence-electron chi connectivity index (χ2n) is 1.41. The van der Waals surface area contributed by atoms with Crippen LogP contribution in [0.25, 0.3) is 0 Å². The van der Waals surface area contributed by atoms with E-state index in [1.807, 2.05) is 0 Å². The molecule has 0 saturated carbocycles. The maximum atomic E-state index is 8.75. The van der Waals surface area contributed by atoms with Crippen molar-refractivity contribution in [3.8, 4) is 0 Å². The second-order valence-corrected chi connectivity index (χ2v) is 3.07. The van der Waals surface area contributed by atoms with Crippen LogP contribution in [0.3, 0.4) is 0 Å². The van der Waals surface area contributed by atoms with Gasteiger partial charge in [-0.15, -0.1) is 3.95 Å². The van der Waals surface area contributed by atoms with Gasteiger partial charge in [-0.25, -0.2) is 0 Å². The van der Waals surface area contributed by atoms with E-state index in [1.165, 1.54) is 11.8 Å². The molecule has 0 amide bonds. The third kappa shape index (κ3) is 1.36. The summed E-state index contributed by atoms with van der Waals surface area (Å²) in [4.78, 5) is 0. The number of hydrogen-bond donors (Lipinski definition) is 1. The van der Waals surface area contributed by atoms with Crippen molar-refractivity contribution in [2.45, 2.75) is 5.44 Å². The van der Waals surface area contributed by atoms with Crippen LogP contribution in [0.1, 0.15) is 0 Å². The summed E-state index contributed by atoms with van der Waals surface area (Å²) in [5.74, 6) is 0.788. The molecule has 2 nitrogen and oxygen atoms in total. The summed E-state index contributed by atoms with van der Waals surface area (Å²) in [6.07, 6.45) is 0. The molecular formula is C3H6NOS2+. The van der Waals surface area contributed by atoms with Crippen LogP contribution >= 0.6 is 11.8 Å². The minimum absolute atomic E-state index is 0.238. The second kappa shape index (κ2) is 2.07. The topological polar surface area (TPSA) is 23.2 Å². The van der Waals surface area contributed by atoms with E-state index < -0.39 is 0 Å². The molecule has 0 radical (unpaired) electrons. The highest BCUT2D eigenvalue weighted by Gasteiger charge is 2.22. The van der Waals surface area contributed by atoms with Crippen molar-refractivity contribution in [3.63, 3.8) is 0 Å². The highest BCUT2D eigenvalue weighted by Crippen LogP contribution is 2.14. The Balaban J connectivity index is 2.40. The van der Waals surface area contributed by atoms with Gasteiger partial charge in [0.05, 0.1) is 0 Å². The molecule has 1 atom stereocenters. The number of nitrogens with zero attached hydrogens (tertiary/aromatic N) is 1. The van der Waals surface area contributed by atoms with E-state index in [2.05, 4.69) is 0 Å². The van der Waals surface area contributed by atoms with E-state index in [0.29, 0.717) is 6.54 Å². The molecule has 1 heterocycles. The zero-order valence-electron chi connectivity index (χ0n) is 3.70. The van der Waals surface area contributed by atoms with Gasteiger partial charge in [0.1, 0.15) is 0 Å². The molecule has 0 aromatic heterocycles. The van der Waals surface area contributed by atoms with Crippen molar-refractivity contribution in [2.24, 2.45) is 0 Å². The van der Waals surface area contributed by atoms with Gasteiger partial charge in [-0.3, -0.25) is 0 Å². The van der Waals surface area contributed by atoms with Crippen molar-refractivity contribution >= 4 is 24.2 Å². The monoisotopic (exact) mass is 136 g/mol. The molecule has 0 bridgehead atoms. The first-order chi connectivity index (χ1) is 3.29. The zero-order valence-corrected chi connectivity index (χ0v) is 5.34. The lowest BCUT2D eigenvalue weighted by Gasteiger charge is -1.83. The fourth-order valence-corrected chi connectivity index (χ4v) is 1.60. The molecule has 1 saturated heterocycles. The largest absolute Gasteiger partial charge is 0.376 e. The quantitative estimate of drug-likeness (QED) is 0.465. The molecule has 1 aliphatic rings. The first-order valence-electron chi connectivity index (χ1n) is 2.01. The van der Waals surface area contributed by atoms with Crippen molar-refractivity contribution in [2.75, 3.05) is 12.4 Å². The Morgan fingerprint density at radius 2 is 2.57 bits per heavy atom. The average Bonchev–Trinajstić information content (AvgIpc) is 1.87. The Morgan fingerprint density at radius 3 is 2.71 bits per heavy atom. The van der Waals surface area contributed by atoms with E-state index in [0.717, 1.165) is 5.88 Å². The Hall–Kier alpha value is 0.330. The molecular weight excluding hydrogens is 130 g/mol. The Kier molecular flexibility index (Phi) is 1.61. The van der Waals surface area contributed by atoms with Crippen molar-refractivity contribution in [3.05, 3.63) is 0 Å². The number of aliphatic hydroxyl groups excluding tert-OH is 1. The molecule has 1 rings (SSSR count). The van der Waals surface area contributed by atoms with E-state index in [4.69, 9.17) is 17.5 Å². The lowest BCUT2D eigenvalue weighted by atomic mass is 10.7. The molecule has 1 unspecified atom stereocenters. The molecule has 4 heteroatoms. The number of aliphatic hydroxyl groups is 1. The Morgan fingerprint density at radius 1 is 1.86 bits per heavy atom. The molecule has 0 aromatic rings. The van der Waals surface area contributed by atoms with Crippen LogP contribution in [0.2, 0.25) is 0 Å². The van der Waals surface area contributed by atoms with Crippen LogP contribution in [0.5, 0.6) is 0 Å². The minimum Gasteiger partial charge on any atom is -0.376 e. The summed E-state index contributed by atoms with van der Waals surface area (Å²) in [7, 11) is 0. The third-order valence-corrected chi connectivity index (χ3v) is 2.21. The summed E-state index contributed by atoms with van der Waals surface area (Å²) >= 11 is 6.21. The number of rotatable bonds is 0. The van der Waals surface area contributed by atoms with Gasteiger partial charge in [0.15, 0.2) is 12.0 Å². The Bertz CT molecular complexity index is 94.9. The maximum absolute atomic E-state index is 8.75. The molecule has 0 aliphatic carbocycles. The zero-order chi connectivity index (χ0) is 5.28. The van der Waals surface area contributed by atoms with Crippen LogP contribution in [-0.2, 0) is 12.4 Å². The lowest BCUT2D eigenvalue weighted by molar-refractivity contribution is -0.472. The van der Waals surface area contributed by atoms with E-state index in [9.17, 15) is 0 Å². The van der Waals surface area contributed by atoms with E-state index >= 15 is 0 Å². The molecule has 1 aliphatic heterocycles. The third-order valence-electron chi connectivity index (χ3n) is 0.771. The van der Waals surface area contributed by atoms with Crippen molar-refractivity contribution in [1.29, 1.82) is 0 Å². The maximum Gasteiger partial charge on any atom is 0.264 e. The summed E-state index contributed by atoms with van der Waals surface area (Å²) in [6.45, 7) is 0.639. The normalized spacial score (nSPS) is 31.6. The molecule has 40 valence electrons. The van der Waals surface area contributed by atoms with E-state index in [1.54, 1.807) is 3.95 Å². The first kappa shape index (κ1) is 5.47. The Labute approximate surface area is 51.7 Å². The number of hydrogen-bond acceptors (Lipinski definition) is 3. The summed E-state index contributed by atoms with van der Waals surface area (Å²) in [5.41, 5.74) is -0.238. The SMILES string of the molecule is OC1C[N+](=S)CS1. The molecule has 0 aromatic carbocycles. The fourth-order valence-electron chi connectivity index (χ4n) is 0.449. The van der Waals surface area contributed by atoms with Gasteiger partial charge in [0, 0.05) is 0 Å². The smallest absolute Gasteiger partial charge is 0.264 e.